The monoisotopic (exact) mass is 541 g/mol. The average molecular weight is 542 g/mol. The van der Waals surface area contributed by atoms with Crippen molar-refractivity contribution in [3.05, 3.63) is 93.2 Å². The highest BCUT2D eigenvalue weighted by atomic mass is 35.5. The van der Waals surface area contributed by atoms with Crippen molar-refractivity contribution >= 4 is 23.2 Å². The highest BCUT2D eigenvalue weighted by molar-refractivity contribution is 6.42. The molecule has 3 aromatic carbocycles. The lowest BCUT2D eigenvalue weighted by Gasteiger charge is -2.24. The van der Waals surface area contributed by atoms with E-state index < -0.39 is 48.0 Å². The molecule has 3 aromatic rings. The van der Waals surface area contributed by atoms with Crippen LogP contribution in [0.4, 0.5) is 30.7 Å². The average Bonchev–Trinajstić information content (AvgIpc) is 2.77. The molecule has 3 rings (SSSR count). The molecule has 0 aliphatic rings. The van der Waals surface area contributed by atoms with Crippen molar-refractivity contribution in [1.29, 1.82) is 0 Å². The van der Waals surface area contributed by atoms with E-state index in [0.29, 0.717) is 18.2 Å². The summed E-state index contributed by atoms with van der Waals surface area (Å²) in [5, 5.41) is 11.9. The molecular formula is C23H16Cl2F7NO2. The Bertz CT molecular complexity index is 1190. The highest BCUT2D eigenvalue weighted by Crippen LogP contribution is 2.37. The van der Waals surface area contributed by atoms with E-state index in [1.807, 2.05) is 0 Å². The lowest BCUT2D eigenvalue weighted by Crippen LogP contribution is -2.40. The summed E-state index contributed by atoms with van der Waals surface area (Å²) in [6.45, 7) is -1.12. The summed E-state index contributed by atoms with van der Waals surface area (Å²) < 4.78 is 98.5. The van der Waals surface area contributed by atoms with Gasteiger partial charge in [0.05, 0.1) is 16.6 Å². The number of rotatable bonds is 7. The van der Waals surface area contributed by atoms with E-state index in [2.05, 4.69) is 5.32 Å². The lowest BCUT2D eigenvalue weighted by molar-refractivity contribution is -0.202. The molecule has 0 radical (unpaired) electrons. The molecule has 3 nitrogen and oxygen atoms in total. The molecule has 0 saturated heterocycles. The summed E-state index contributed by atoms with van der Waals surface area (Å²) in [5.41, 5.74) is -1.71. The van der Waals surface area contributed by atoms with Gasteiger partial charge >= 0.3 is 12.4 Å². The van der Waals surface area contributed by atoms with E-state index in [0.717, 1.165) is 0 Å². The van der Waals surface area contributed by atoms with Crippen LogP contribution in [0.2, 0.25) is 10.0 Å². The molecule has 0 aromatic heterocycles. The van der Waals surface area contributed by atoms with Crippen molar-refractivity contribution in [1.82, 2.24) is 5.32 Å². The second-order valence-electron chi connectivity index (χ2n) is 7.36. The minimum atomic E-state index is -5.00. The smallest absolute Gasteiger partial charge is 0.416 e. The van der Waals surface area contributed by atoms with Crippen molar-refractivity contribution in [2.24, 2.45) is 0 Å². The summed E-state index contributed by atoms with van der Waals surface area (Å²) in [4.78, 5) is 0. The van der Waals surface area contributed by atoms with Gasteiger partial charge in [-0.15, -0.1) is 0 Å². The van der Waals surface area contributed by atoms with Gasteiger partial charge < -0.3 is 15.2 Å². The minimum Gasteiger partial charge on any atom is -0.456 e. The number of benzene rings is 3. The van der Waals surface area contributed by atoms with Crippen molar-refractivity contribution in [3.8, 4) is 11.5 Å². The van der Waals surface area contributed by atoms with Gasteiger partial charge in [-0.2, -0.15) is 26.3 Å². The Morgan fingerprint density at radius 1 is 0.914 bits per heavy atom. The van der Waals surface area contributed by atoms with Gasteiger partial charge in [-0.1, -0.05) is 41.4 Å². The third-order valence-electron chi connectivity index (χ3n) is 4.86. The number of alkyl halides is 6. The van der Waals surface area contributed by atoms with Crippen molar-refractivity contribution in [3.63, 3.8) is 0 Å². The maximum Gasteiger partial charge on any atom is 0.416 e. The molecular weight excluding hydrogens is 526 g/mol. The zero-order valence-electron chi connectivity index (χ0n) is 17.4. The van der Waals surface area contributed by atoms with Crippen LogP contribution < -0.4 is 10.1 Å². The Hall–Kier alpha value is -2.53. The van der Waals surface area contributed by atoms with Crippen molar-refractivity contribution < 1.29 is 40.6 Å². The largest absolute Gasteiger partial charge is 0.456 e. The maximum atomic E-state index is 14.6. The van der Waals surface area contributed by atoms with Crippen molar-refractivity contribution in [2.45, 2.75) is 24.5 Å². The Kier molecular flexibility index (Phi) is 8.21. The zero-order chi connectivity index (χ0) is 26.0. The Labute approximate surface area is 205 Å². The molecule has 2 N–H and O–H groups in total. The summed E-state index contributed by atoms with van der Waals surface area (Å²) in [6.07, 6.45) is -12.7. The second kappa shape index (κ2) is 10.6. The van der Waals surface area contributed by atoms with Gasteiger partial charge in [0.25, 0.3) is 0 Å². The van der Waals surface area contributed by atoms with Gasteiger partial charge in [-0.25, -0.2) is 4.39 Å². The van der Waals surface area contributed by atoms with Gasteiger partial charge in [-0.05, 0) is 48.0 Å². The van der Waals surface area contributed by atoms with Crippen LogP contribution in [0.5, 0.6) is 11.5 Å². The van der Waals surface area contributed by atoms with Gasteiger partial charge in [0.15, 0.2) is 6.10 Å². The zero-order valence-corrected chi connectivity index (χ0v) is 18.9. The SMILES string of the molecule is O[C@H](CNC(c1cccc(Oc2cccc(Cl)c2Cl)c1)c1cc(C(F)(F)F)ccc1F)C(F)(F)F. The van der Waals surface area contributed by atoms with Gasteiger partial charge in [0.1, 0.15) is 22.3 Å². The van der Waals surface area contributed by atoms with Crippen molar-refractivity contribution in [2.75, 3.05) is 6.54 Å². The van der Waals surface area contributed by atoms with E-state index in [9.17, 15) is 35.8 Å². The molecule has 2 atom stereocenters. The van der Waals surface area contributed by atoms with E-state index >= 15 is 0 Å². The number of aliphatic hydroxyl groups is 1. The number of ether oxygens (including phenoxy) is 1. The molecule has 35 heavy (non-hydrogen) atoms. The molecule has 0 bridgehead atoms. The number of aliphatic hydroxyl groups excluding tert-OH is 1. The molecule has 0 saturated carbocycles. The number of hydrogen-bond donors (Lipinski definition) is 2. The van der Waals surface area contributed by atoms with Crippen LogP contribution in [0.15, 0.2) is 60.7 Å². The van der Waals surface area contributed by atoms with Gasteiger partial charge in [0.2, 0.25) is 0 Å². The van der Waals surface area contributed by atoms with Crippen LogP contribution in [-0.2, 0) is 6.18 Å². The predicted octanol–water partition coefficient (Wildman–Crippen LogP) is 7.55. The first-order valence-corrected chi connectivity index (χ1v) is 10.6. The van der Waals surface area contributed by atoms with Crippen LogP contribution in [-0.4, -0.2) is 23.9 Å². The van der Waals surface area contributed by atoms with Crippen LogP contribution in [0, 0.1) is 5.82 Å². The number of nitrogens with one attached hydrogen (secondary N) is 1. The summed E-state index contributed by atoms with van der Waals surface area (Å²) in [6, 6.07) is 10.1. The Balaban J connectivity index is 2.03. The first-order valence-electron chi connectivity index (χ1n) is 9.84. The van der Waals surface area contributed by atoms with Gasteiger partial charge in [0, 0.05) is 12.1 Å². The topological polar surface area (TPSA) is 41.5 Å². The molecule has 0 fully saturated rings. The standard InChI is InChI=1S/C23H16Cl2F7NO2/c24-16-5-2-6-18(20(16)25)35-14-4-1-3-12(9-14)21(33-11-19(34)23(30,31)32)15-10-13(22(27,28)29)7-8-17(15)26/h1-10,19,21,33-34H,11H2/t19-,21?/m1/s1. The molecule has 0 aliphatic carbocycles. The Morgan fingerprint density at radius 2 is 1.60 bits per heavy atom. The fourth-order valence-corrected chi connectivity index (χ4v) is 3.47. The molecule has 0 amide bonds. The summed E-state index contributed by atoms with van der Waals surface area (Å²) in [7, 11) is 0. The van der Waals surface area contributed by atoms with E-state index in [1.54, 1.807) is 6.07 Å². The van der Waals surface area contributed by atoms with Crippen LogP contribution in [0.3, 0.4) is 0 Å². The molecule has 1 unspecified atom stereocenters. The fraction of sp³-hybridized carbons (Fsp3) is 0.217. The quantitative estimate of drug-likeness (QED) is 0.303. The van der Waals surface area contributed by atoms with Gasteiger partial charge in [-0.3, -0.25) is 0 Å². The first kappa shape index (κ1) is 27.1. The third kappa shape index (κ3) is 6.78. The lowest BCUT2D eigenvalue weighted by atomic mass is 9.95. The molecule has 0 heterocycles. The summed E-state index contributed by atoms with van der Waals surface area (Å²) in [5.74, 6) is -0.859. The van der Waals surface area contributed by atoms with Crippen LogP contribution in [0.1, 0.15) is 22.7 Å². The maximum absolute atomic E-state index is 14.6. The predicted molar refractivity (Wildman–Crippen MR) is 116 cm³/mol. The molecule has 12 heteroatoms. The second-order valence-corrected chi connectivity index (χ2v) is 8.14. The third-order valence-corrected chi connectivity index (χ3v) is 5.66. The van der Waals surface area contributed by atoms with E-state index in [4.69, 9.17) is 27.9 Å². The van der Waals surface area contributed by atoms with E-state index in [-0.39, 0.29) is 27.1 Å². The first-order chi connectivity index (χ1) is 16.3. The molecule has 0 aliphatic heterocycles. The minimum absolute atomic E-state index is 0.0632. The Morgan fingerprint density at radius 3 is 2.26 bits per heavy atom. The van der Waals surface area contributed by atoms with Crippen LogP contribution in [0.25, 0.3) is 0 Å². The molecule has 0 spiro atoms. The summed E-state index contributed by atoms with van der Waals surface area (Å²) >= 11 is 12.0. The highest BCUT2D eigenvalue weighted by Gasteiger charge is 2.39. The fourth-order valence-electron chi connectivity index (χ4n) is 3.14. The van der Waals surface area contributed by atoms with Crippen LogP contribution >= 0.6 is 23.2 Å². The molecule has 188 valence electrons. The normalized spacial score (nSPS) is 14.0. The number of halogens is 9. The number of hydrogen-bond acceptors (Lipinski definition) is 3. The van der Waals surface area contributed by atoms with E-state index in [1.165, 1.54) is 36.4 Å².